The van der Waals surface area contributed by atoms with Gasteiger partial charge in [-0.05, 0) is 73.3 Å². The minimum atomic E-state index is -4.03. The maximum Gasteiger partial charge on any atom is 0.264 e. The van der Waals surface area contributed by atoms with Gasteiger partial charge in [-0.1, -0.05) is 48.5 Å². The summed E-state index contributed by atoms with van der Waals surface area (Å²) in [6.07, 6.45) is 1.92. The Bertz CT molecular complexity index is 1440. The van der Waals surface area contributed by atoms with Crippen LogP contribution in [0.3, 0.4) is 0 Å². The van der Waals surface area contributed by atoms with Gasteiger partial charge in [0.1, 0.15) is 12.3 Å². The molecule has 0 fully saturated rings. The Kier molecular flexibility index (Phi) is 8.53. The largest absolute Gasteiger partial charge is 0.494 e. The molecule has 8 heteroatoms. The van der Waals surface area contributed by atoms with E-state index in [0.717, 1.165) is 20.3 Å². The number of nitrogens with one attached hydrogen (secondary N) is 1. The van der Waals surface area contributed by atoms with Crippen molar-refractivity contribution in [3.63, 3.8) is 0 Å². The van der Waals surface area contributed by atoms with Gasteiger partial charge in [0.2, 0.25) is 5.91 Å². The third-order valence-electron chi connectivity index (χ3n) is 5.66. The zero-order valence-corrected chi connectivity index (χ0v) is 22.3. The number of ether oxygens (including phenoxy) is 1. The molecule has 4 rings (SSSR count). The van der Waals surface area contributed by atoms with Gasteiger partial charge >= 0.3 is 0 Å². The molecule has 190 valence electrons. The molecule has 0 aromatic heterocycles. The molecule has 0 aliphatic heterocycles. The summed E-state index contributed by atoms with van der Waals surface area (Å²) in [4.78, 5) is 14.3. The van der Waals surface area contributed by atoms with Gasteiger partial charge in [0.25, 0.3) is 10.0 Å². The Balaban J connectivity index is 1.66. The number of benzene rings is 4. The summed E-state index contributed by atoms with van der Waals surface area (Å²) < 4.78 is 34.1. The first kappa shape index (κ1) is 26.3. The summed E-state index contributed by atoms with van der Waals surface area (Å²) in [7, 11) is -4.03. The molecule has 1 amide bonds. The normalized spacial score (nSPS) is 11.1. The quantitative estimate of drug-likeness (QED) is 0.242. The molecule has 0 atom stereocenters. The van der Waals surface area contributed by atoms with Gasteiger partial charge in [-0.15, -0.1) is 11.8 Å². The first-order valence-corrected chi connectivity index (χ1v) is 14.4. The van der Waals surface area contributed by atoms with Crippen molar-refractivity contribution in [3.8, 4) is 16.9 Å². The first-order chi connectivity index (χ1) is 17.9. The van der Waals surface area contributed by atoms with E-state index in [1.807, 2.05) is 61.7 Å². The molecule has 0 saturated carbocycles. The van der Waals surface area contributed by atoms with Crippen molar-refractivity contribution in [2.75, 3.05) is 29.0 Å². The standard InChI is InChI=1S/C29H28N2O4S2/c1-3-35-24-15-13-23(14-16-24)31(37(33,34)26-19-17-25(36-2)18-20-26)21-29(32)30-28-12-8-7-11-27(28)22-9-5-4-6-10-22/h4-20H,3,21H2,1-2H3,(H,30,32). The smallest absolute Gasteiger partial charge is 0.264 e. The van der Waals surface area contributed by atoms with E-state index >= 15 is 0 Å². The van der Waals surface area contributed by atoms with Crippen LogP contribution in [0.15, 0.2) is 113 Å². The Labute approximate surface area is 222 Å². The van der Waals surface area contributed by atoms with Crippen molar-refractivity contribution >= 4 is 39.1 Å². The van der Waals surface area contributed by atoms with Crippen molar-refractivity contribution in [2.24, 2.45) is 0 Å². The van der Waals surface area contributed by atoms with Crippen molar-refractivity contribution in [3.05, 3.63) is 103 Å². The zero-order chi connectivity index (χ0) is 26.3. The fraction of sp³-hybridized carbons (Fsp3) is 0.138. The van der Waals surface area contributed by atoms with Crippen LogP contribution in [0.25, 0.3) is 11.1 Å². The highest BCUT2D eigenvalue weighted by Gasteiger charge is 2.27. The number of para-hydroxylation sites is 1. The second kappa shape index (κ2) is 12.0. The molecular weight excluding hydrogens is 504 g/mol. The number of thioether (sulfide) groups is 1. The van der Waals surface area contributed by atoms with Crippen molar-refractivity contribution in [2.45, 2.75) is 16.7 Å². The summed E-state index contributed by atoms with van der Waals surface area (Å²) >= 11 is 1.52. The van der Waals surface area contributed by atoms with Crippen LogP contribution in [0.2, 0.25) is 0 Å². The highest BCUT2D eigenvalue weighted by molar-refractivity contribution is 7.98. The van der Waals surface area contributed by atoms with E-state index in [2.05, 4.69) is 5.32 Å². The Hall–Kier alpha value is -3.75. The Morgan fingerprint density at radius 2 is 1.51 bits per heavy atom. The molecule has 1 N–H and O–H groups in total. The summed E-state index contributed by atoms with van der Waals surface area (Å²) in [5, 5.41) is 2.91. The third-order valence-corrected chi connectivity index (χ3v) is 8.19. The van der Waals surface area contributed by atoms with Crippen LogP contribution in [-0.2, 0) is 14.8 Å². The van der Waals surface area contributed by atoms with Crippen LogP contribution < -0.4 is 14.4 Å². The molecule has 0 unspecified atom stereocenters. The topological polar surface area (TPSA) is 75.7 Å². The molecule has 4 aromatic rings. The molecule has 6 nitrogen and oxygen atoms in total. The molecule has 0 heterocycles. The minimum absolute atomic E-state index is 0.108. The average molecular weight is 533 g/mol. The Morgan fingerprint density at radius 3 is 2.16 bits per heavy atom. The van der Waals surface area contributed by atoms with Gasteiger partial charge < -0.3 is 10.1 Å². The van der Waals surface area contributed by atoms with E-state index in [0.29, 0.717) is 23.7 Å². The maximum absolute atomic E-state index is 13.7. The lowest BCUT2D eigenvalue weighted by Gasteiger charge is -2.24. The minimum Gasteiger partial charge on any atom is -0.494 e. The van der Waals surface area contributed by atoms with Crippen LogP contribution in [0.4, 0.5) is 11.4 Å². The van der Waals surface area contributed by atoms with Gasteiger partial charge in [-0.25, -0.2) is 8.42 Å². The van der Waals surface area contributed by atoms with Gasteiger partial charge in [0.15, 0.2) is 0 Å². The summed E-state index contributed by atoms with van der Waals surface area (Å²) in [6.45, 7) is 1.97. The maximum atomic E-state index is 13.7. The fourth-order valence-electron chi connectivity index (χ4n) is 3.85. The predicted octanol–water partition coefficient (Wildman–Crippen LogP) is 6.31. The van der Waals surface area contributed by atoms with E-state index in [-0.39, 0.29) is 4.90 Å². The van der Waals surface area contributed by atoms with Gasteiger partial charge in [-0.3, -0.25) is 9.10 Å². The molecular formula is C29H28N2O4S2. The molecule has 0 aliphatic carbocycles. The SMILES string of the molecule is CCOc1ccc(N(CC(=O)Nc2ccccc2-c2ccccc2)S(=O)(=O)c2ccc(SC)cc2)cc1. The second-order valence-corrected chi connectivity index (χ2v) is 10.8. The van der Waals surface area contributed by atoms with Crippen molar-refractivity contribution < 1.29 is 17.9 Å². The number of sulfonamides is 1. The first-order valence-electron chi connectivity index (χ1n) is 11.8. The number of rotatable bonds is 10. The lowest BCUT2D eigenvalue weighted by Crippen LogP contribution is -2.38. The molecule has 0 spiro atoms. The number of nitrogens with zero attached hydrogens (tertiary/aromatic N) is 1. The van der Waals surface area contributed by atoms with E-state index in [1.165, 1.54) is 11.8 Å². The number of amides is 1. The lowest BCUT2D eigenvalue weighted by atomic mass is 10.0. The monoisotopic (exact) mass is 532 g/mol. The number of anilines is 2. The number of carbonyl (C=O) groups is 1. The summed E-state index contributed by atoms with van der Waals surface area (Å²) in [5.74, 6) is 0.163. The lowest BCUT2D eigenvalue weighted by molar-refractivity contribution is -0.114. The molecule has 37 heavy (non-hydrogen) atoms. The summed E-state index contributed by atoms with van der Waals surface area (Å²) in [6, 6.07) is 30.4. The van der Waals surface area contributed by atoms with Crippen molar-refractivity contribution in [1.82, 2.24) is 0 Å². The van der Waals surface area contributed by atoms with Crippen LogP contribution >= 0.6 is 11.8 Å². The number of hydrogen-bond donors (Lipinski definition) is 1. The van der Waals surface area contributed by atoms with E-state index in [9.17, 15) is 13.2 Å². The molecule has 0 saturated heterocycles. The zero-order valence-electron chi connectivity index (χ0n) is 20.6. The molecule has 0 aliphatic rings. The highest BCUT2D eigenvalue weighted by Crippen LogP contribution is 2.29. The predicted molar refractivity (Wildman–Crippen MR) is 151 cm³/mol. The number of carbonyl (C=O) groups excluding carboxylic acids is 1. The highest BCUT2D eigenvalue weighted by atomic mass is 32.2. The fourth-order valence-corrected chi connectivity index (χ4v) is 5.68. The molecule has 0 radical (unpaired) electrons. The van der Waals surface area contributed by atoms with Crippen LogP contribution in [0.5, 0.6) is 5.75 Å². The van der Waals surface area contributed by atoms with Crippen LogP contribution in [-0.4, -0.2) is 33.7 Å². The van der Waals surface area contributed by atoms with Gasteiger partial charge in [-0.2, -0.15) is 0 Å². The van der Waals surface area contributed by atoms with Crippen LogP contribution in [0.1, 0.15) is 6.92 Å². The molecule has 4 aromatic carbocycles. The number of hydrogen-bond acceptors (Lipinski definition) is 5. The second-order valence-electron chi connectivity index (χ2n) is 8.07. The van der Waals surface area contributed by atoms with E-state index < -0.39 is 22.5 Å². The Morgan fingerprint density at radius 1 is 0.865 bits per heavy atom. The van der Waals surface area contributed by atoms with E-state index in [4.69, 9.17) is 4.74 Å². The van der Waals surface area contributed by atoms with E-state index in [1.54, 1.807) is 54.6 Å². The third kappa shape index (κ3) is 6.34. The molecule has 0 bridgehead atoms. The van der Waals surface area contributed by atoms with Crippen molar-refractivity contribution in [1.29, 1.82) is 0 Å². The summed E-state index contributed by atoms with van der Waals surface area (Å²) in [5.41, 5.74) is 2.76. The van der Waals surface area contributed by atoms with Crippen LogP contribution in [0, 0.1) is 0 Å². The van der Waals surface area contributed by atoms with Gasteiger partial charge in [0, 0.05) is 16.1 Å². The average Bonchev–Trinajstić information content (AvgIpc) is 2.93. The van der Waals surface area contributed by atoms with Gasteiger partial charge in [0.05, 0.1) is 17.2 Å².